The van der Waals surface area contributed by atoms with Crippen LogP contribution in [-0.2, 0) is 24.1 Å². The summed E-state index contributed by atoms with van der Waals surface area (Å²) in [5.41, 5.74) is 5.01. The molecule has 168 valence electrons. The Bertz CT molecular complexity index is 1260. The summed E-state index contributed by atoms with van der Waals surface area (Å²) in [6.45, 7) is 4.10. The molecule has 1 aliphatic carbocycles. The van der Waals surface area contributed by atoms with Crippen LogP contribution < -0.4 is 0 Å². The molecule has 2 aromatic heterocycles. The Morgan fingerprint density at radius 1 is 1.06 bits per heavy atom. The maximum Gasteiger partial charge on any atom is 0.140 e. The van der Waals surface area contributed by atoms with E-state index < -0.39 is 0 Å². The molecule has 0 aliphatic heterocycles. The Morgan fingerprint density at radius 2 is 1.82 bits per heavy atom. The highest BCUT2D eigenvalue weighted by molar-refractivity contribution is 7.11. The lowest BCUT2D eigenvalue weighted by atomic mass is 9.98. The van der Waals surface area contributed by atoms with Gasteiger partial charge < -0.3 is 4.57 Å². The molecule has 1 aliphatic rings. The number of hydrogen-bond acceptors (Lipinski definition) is 4. The Labute approximate surface area is 197 Å². The smallest absolute Gasteiger partial charge is 0.140 e. The van der Waals surface area contributed by atoms with Crippen LogP contribution in [0.2, 0.25) is 0 Å². The van der Waals surface area contributed by atoms with E-state index in [1.54, 1.807) is 23.5 Å². The van der Waals surface area contributed by atoms with Gasteiger partial charge in [-0.25, -0.2) is 14.4 Å². The van der Waals surface area contributed by atoms with E-state index in [0.717, 1.165) is 41.2 Å². The van der Waals surface area contributed by atoms with Gasteiger partial charge in [0, 0.05) is 28.7 Å². The molecule has 0 bridgehead atoms. The van der Waals surface area contributed by atoms with Crippen LogP contribution >= 0.6 is 11.3 Å². The molecule has 4 nitrogen and oxygen atoms in total. The summed E-state index contributed by atoms with van der Waals surface area (Å²) in [7, 11) is 0. The minimum absolute atomic E-state index is 0.179. The van der Waals surface area contributed by atoms with Crippen molar-refractivity contribution in [3.8, 4) is 16.9 Å². The Morgan fingerprint density at radius 3 is 2.55 bits per heavy atom. The molecule has 0 spiro atoms. The first-order chi connectivity index (χ1) is 15.9. The highest BCUT2D eigenvalue weighted by Crippen LogP contribution is 2.33. The predicted molar refractivity (Wildman–Crippen MR) is 129 cm³/mol. The molecular weight excluding hydrogens is 433 g/mol. The molecule has 0 amide bonds. The zero-order valence-electron chi connectivity index (χ0n) is 18.8. The molecule has 6 heteroatoms. The second-order valence-electron chi connectivity index (χ2n) is 8.89. The van der Waals surface area contributed by atoms with E-state index in [1.807, 2.05) is 42.0 Å². The van der Waals surface area contributed by atoms with E-state index in [-0.39, 0.29) is 18.0 Å². The first-order valence-electron chi connectivity index (χ1n) is 11.3. The lowest BCUT2D eigenvalue weighted by Gasteiger charge is -2.10. The average Bonchev–Trinajstić information content (AvgIpc) is 3.46. The molecule has 0 saturated carbocycles. The van der Waals surface area contributed by atoms with Gasteiger partial charge in [-0.05, 0) is 63.3 Å². The molecular formula is C27H26FN3OS. The molecule has 0 fully saturated rings. The molecule has 4 aromatic rings. The Balaban J connectivity index is 1.32. The van der Waals surface area contributed by atoms with Gasteiger partial charge in [-0.3, -0.25) is 4.79 Å². The number of fused-ring (bicyclic) bond motifs is 1. The third-order valence-corrected chi connectivity index (χ3v) is 7.29. The van der Waals surface area contributed by atoms with Crippen molar-refractivity contribution in [3.63, 3.8) is 0 Å². The fraction of sp³-hybridized carbons (Fsp3) is 0.296. The number of benzene rings is 2. The van der Waals surface area contributed by atoms with Gasteiger partial charge in [-0.15, -0.1) is 11.3 Å². The summed E-state index contributed by atoms with van der Waals surface area (Å²) in [6, 6.07) is 14.5. The SMILES string of the molecule is Cc1ccc(-c2cn(-c3ccc(F)cc3)c(CC(=O)CCC3Cc4nc(C)sc4C3)n2)cc1. The van der Waals surface area contributed by atoms with Crippen molar-refractivity contribution in [1.82, 2.24) is 14.5 Å². The molecule has 1 atom stereocenters. The van der Waals surface area contributed by atoms with Gasteiger partial charge in [0.25, 0.3) is 0 Å². The van der Waals surface area contributed by atoms with Crippen LogP contribution in [0.1, 0.15) is 39.8 Å². The van der Waals surface area contributed by atoms with Gasteiger partial charge in [-0.2, -0.15) is 0 Å². The van der Waals surface area contributed by atoms with Gasteiger partial charge >= 0.3 is 0 Å². The monoisotopic (exact) mass is 459 g/mol. The van der Waals surface area contributed by atoms with Gasteiger partial charge in [0.1, 0.15) is 17.4 Å². The summed E-state index contributed by atoms with van der Waals surface area (Å²) < 4.78 is 15.4. The summed E-state index contributed by atoms with van der Waals surface area (Å²) in [6.07, 6.45) is 5.63. The number of aromatic nitrogens is 3. The fourth-order valence-corrected chi connectivity index (χ4v) is 5.58. The van der Waals surface area contributed by atoms with Crippen molar-refractivity contribution >= 4 is 17.1 Å². The highest BCUT2D eigenvalue weighted by atomic mass is 32.1. The number of carbonyl (C=O) groups is 1. The maximum absolute atomic E-state index is 13.5. The van der Waals surface area contributed by atoms with Crippen molar-refractivity contribution < 1.29 is 9.18 Å². The van der Waals surface area contributed by atoms with Crippen LogP contribution in [0.25, 0.3) is 16.9 Å². The molecule has 2 heterocycles. The number of nitrogens with zero attached hydrogens (tertiary/aromatic N) is 3. The molecule has 0 saturated heterocycles. The van der Waals surface area contributed by atoms with Crippen LogP contribution in [-0.4, -0.2) is 20.3 Å². The topological polar surface area (TPSA) is 47.8 Å². The minimum Gasteiger partial charge on any atom is -0.303 e. The second-order valence-corrected chi connectivity index (χ2v) is 10.2. The van der Waals surface area contributed by atoms with Crippen molar-refractivity contribution in [2.75, 3.05) is 0 Å². The third kappa shape index (κ3) is 4.81. The van der Waals surface area contributed by atoms with Crippen LogP contribution in [0.3, 0.4) is 0 Å². The highest BCUT2D eigenvalue weighted by Gasteiger charge is 2.25. The average molecular weight is 460 g/mol. The van der Waals surface area contributed by atoms with Crippen molar-refractivity contribution in [2.24, 2.45) is 5.92 Å². The van der Waals surface area contributed by atoms with Crippen LogP contribution in [0.4, 0.5) is 4.39 Å². The first kappa shape index (κ1) is 21.7. The van der Waals surface area contributed by atoms with Gasteiger partial charge in [0.15, 0.2) is 0 Å². The van der Waals surface area contributed by atoms with Crippen molar-refractivity contribution in [1.29, 1.82) is 0 Å². The van der Waals surface area contributed by atoms with E-state index in [0.29, 0.717) is 18.2 Å². The number of halogens is 1. The third-order valence-electron chi connectivity index (χ3n) is 6.26. The first-order valence-corrected chi connectivity index (χ1v) is 12.1. The van der Waals surface area contributed by atoms with E-state index in [4.69, 9.17) is 4.98 Å². The minimum atomic E-state index is -0.287. The lowest BCUT2D eigenvalue weighted by Crippen LogP contribution is -2.11. The number of carbonyl (C=O) groups excluding carboxylic acids is 1. The van der Waals surface area contributed by atoms with Gasteiger partial charge in [0.2, 0.25) is 0 Å². The van der Waals surface area contributed by atoms with Crippen LogP contribution in [0.15, 0.2) is 54.7 Å². The van der Waals surface area contributed by atoms with Crippen LogP contribution in [0.5, 0.6) is 0 Å². The molecule has 1 unspecified atom stereocenters. The van der Waals surface area contributed by atoms with Crippen molar-refractivity contribution in [2.45, 2.75) is 46.0 Å². The summed E-state index contributed by atoms with van der Waals surface area (Å²) >= 11 is 1.78. The Kier molecular flexibility index (Phi) is 5.94. The zero-order valence-corrected chi connectivity index (χ0v) is 19.7. The largest absolute Gasteiger partial charge is 0.303 e. The molecule has 0 N–H and O–H groups in total. The van der Waals surface area contributed by atoms with Gasteiger partial charge in [0.05, 0.1) is 22.8 Å². The standard InChI is InChI=1S/C27H26FN3OS/c1-17-3-6-20(7-4-17)25-16-31(22-10-8-21(28)9-11-22)27(30-25)15-23(32)12-5-19-13-24-26(14-19)33-18(2)29-24/h3-4,6-11,16,19H,5,12-15H2,1-2H3. The van der Waals surface area contributed by atoms with E-state index in [2.05, 4.69) is 11.9 Å². The molecule has 0 radical (unpaired) electrons. The van der Waals surface area contributed by atoms with E-state index in [1.165, 1.54) is 28.3 Å². The Hall–Kier alpha value is -3.12. The zero-order chi connectivity index (χ0) is 22.9. The quantitative estimate of drug-likeness (QED) is 0.338. The maximum atomic E-state index is 13.5. The number of imidazole rings is 1. The predicted octanol–water partition coefficient (Wildman–Crippen LogP) is 6.06. The number of rotatable bonds is 7. The number of thiazole rings is 1. The normalized spacial score (nSPS) is 15.1. The lowest BCUT2D eigenvalue weighted by molar-refractivity contribution is -0.118. The second kappa shape index (κ2) is 9.02. The number of aryl methyl sites for hydroxylation is 2. The number of Topliss-reactive ketones (excluding diaryl/α,β-unsaturated/α-hetero) is 1. The van der Waals surface area contributed by atoms with Crippen molar-refractivity contribution in [3.05, 3.63) is 87.5 Å². The fourth-order valence-electron chi connectivity index (χ4n) is 4.51. The summed E-state index contributed by atoms with van der Waals surface area (Å²) in [4.78, 5) is 23.7. The summed E-state index contributed by atoms with van der Waals surface area (Å²) in [5, 5.41) is 1.13. The van der Waals surface area contributed by atoms with E-state index in [9.17, 15) is 9.18 Å². The van der Waals surface area contributed by atoms with Crippen LogP contribution in [0, 0.1) is 25.6 Å². The molecule has 33 heavy (non-hydrogen) atoms. The number of hydrogen-bond donors (Lipinski definition) is 0. The summed E-state index contributed by atoms with van der Waals surface area (Å²) in [5.74, 6) is 1.08. The van der Waals surface area contributed by atoms with E-state index >= 15 is 0 Å². The molecule has 5 rings (SSSR count). The van der Waals surface area contributed by atoms with Gasteiger partial charge in [-0.1, -0.05) is 29.8 Å². The number of ketones is 1. The molecule has 2 aromatic carbocycles.